The second-order valence-corrected chi connectivity index (χ2v) is 6.76. The van der Waals surface area contributed by atoms with E-state index in [2.05, 4.69) is 0 Å². The topological polar surface area (TPSA) is 37.4 Å². The largest absolute Gasteiger partial charge is 0.303 e. The van der Waals surface area contributed by atoms with Crippen LogP contribution in [0.5, 0.6) is 0 Å². The number of fused-ring (bicyclic) bond motifs is 1. The molecule has 0 unspecified atom stereocenters. The average Bonchev–Trinajstić information content (AvgIpc) is 2.96. The third-order valence-corrected chi connectivity index (χ3v) is 4.80. The monoisotopic (exact) mass is 373 g/mol. The zero-order chi connectivity index (χ0) is 18.8. The van der Waals surface area contributed by atoms with Crippen LogP contribution >= 0.6 is 11.6 Å². The summed E-state index contributed by atoms with van der Waals surface area (Å²) in [4.78, 5) is 27.4. The van der Waals surface area contributed by atoms with Crippen LogP contribution in [0.2, 0.25) is 5.02 Å². The minimum Gasteiger partial charge on any atom is -0.303 e. The molecule has 3 aromatic rings. The number of allylic oxidation sites excluding steroid dienone is 1. The van der Waals surface area contributed by atoms with E-state index in [1.807, 2.05) is 54.6 Å². The van der Waals surface area contributed by atoms with Crippen molar-refractivity contribution in [3.05, 3.63) is 107 Å². The van der Waals surface area contributed by atoms with Crippen molar-refractivity contribution < 1.29 is 9.59 Å². The molecule has 1 heterocycles. The van der Waals surface area contributed by atoms with Crippen molar-refractivity contribution in [2.75, 3.05) is 4.90 Å². The number of carbonyl (C=O) groups excluding carboxylic acids is 2. The molecule has 3 nitrogen and oxygen atoms in total. The van der Waals surface area contributed by atoms with Gasteiger partial charge < -0.3 is 4.90 Å². The van der Waals surface area contributed by atoms with Gasteiger partial charge in [0.15, 0.2) is 5.78 Å². The lowest BCUT2D eigenvalue weighted by Crippen LogP contribution is -2.25. The van der Waals surface area contributed by atoms with Gasteiger partial charge in [0.25, 0.3) is 5.91 Å². The number of amides is 1. The molecule has 1 aliphatic rings. The van der Waals surface area contributed by atoms with Gasteiger partial charge in [-0.25, -0.2) is 0 Å². The molecule has 0 saturated heterocycles. The molecular weight excluding hydrogens is 358 g/mol. The Labute approximate surface area is 162 Å². The zero-order valence-electron chi connectivity index (χ0n) is 14.4. The Morgan fingerprint density at radius 2 is 1.56 bits per heavy atom. The van der Waals surface area contributed by atoms with E-state index in [0.29, 0.717) is 22.7 Å². The molecule has 27 heavy (non-hydrogen) atoms. The minimum absolute atomic E-state index is 0.171. The third kappa shape index (κ3) is 3.42. The van der Waals surface area contributed by atoms with Crippen molar-refractivity contribution >= 4 is 34.6 Å². The molecule has 4 heteroatoms. The van der Waals surface area contributed by atoms with E-state index in [-0.39, 0.29) is 11.7 Å². The van der Waals surface area contributed by atoms with Gasteiger partial charge in [0.1, 0.15) is 0 Å². The van der Waals surface area contributed by atoms with E-state index >= 15 is 0 Å². The third-order valence-electron chi connectivity index (χ3n) is 4.55. The van der Waals surface area contributed by atoms with Crippen LogP contribution < -0.4 is 4.90 Å². The molecule has 0 aliphatic carbocycles. The second-order valence-electron chi connectivity index (χ2n) is 6.32. The summed E-state index contributed by atoms with van der Waals surface area (Å²) in [7, 11) is 0. The summed E-state index contributed by atoms with van der Waals surface area (Å²) in [6, 6.07) is 23.9. The smallest absolute Gasteiger partial charge is 0.259 e. The fourth-order valence-corrected chi connectivity index (χ4v) is 3.32. The van der Waals surface area contributed by atoms with E-state index in [9.17, 15) is 9.59 Å². The maximum absolute atomic E-state index is 13.1. The molecule has 1 aliphatic heterocycles. The number of anilines is 1. The van der Waals surface area contributed by atoms with Crippen molar-refractivity contribution in [2.45, 2.75) is 6.54 Å². The number of hydrogen-bond acceptors (Lipinski definition) is 2. The van der Waals surface area contributed by atoms with Crippen LogP contribution in [0.4, 0.5) is 5.69 Å². The van der Waals surface area contributed by atoms with Crippen molar-refractivity contribution in [3.8, 4) is 0 Å². The number of hydrogen-bond donors (Lipinski definition) is 0. The van der Waals surface area contributed by atoms with Gasteiger partial charge in [-0.1, -0.05) is 72.3 Å². The van der Waals surface area contributed by atoms with Crippen LogP contribution in [-0.4, -0.2) is 11.7 Å². The highest BCUT2D eigenvalue weighted by atomic mass is 35.5. The average molecular weight is 374 g/mol. The Balaban J connectivity index is 1.70. The lowest BCUT2D eigenvalue weighted by molar-refractivity contribution is -0.113. The van der Waals surface area contributed by atoms with Gasteiger partial charge in [-0.3, -0.25) is 9.59 Å². The van der Waals surface area contributed by atoms with Gasteiger partial charge in [-0.05, 0) is 29.8 Å². The Bertz CT molecular complexity index is 1040. The minimum atomic E-state index is -0.179. The SMILES string of the molecule is O=C(/C=C1\C(=O)N(Cc2ccc(Cl)cc2)c2ccccc21)c1ccccc1. The molecule has 4 rings (SSSR count). The van der Waals surface area contributed by atoms with Crippen LogP contribution in [-0.2, 0) is 11.3 Å². The maximum Gasteiger partial charge on any atom is 0.259 e. The molecule has 132 valence electrons. The van der Waals surface area contributed by atoms with Crippen LogP contribution in [0.1, 0.15) is 21.5 Å². The summed E-state index contributed by atoms with van der Waals surface area (Å²) in [5, 5.41) is 0.654. The highest BCUT2D eigenvalue weighted by Crippen LogP contribution is 2.37. The van der Waals surface area contributed by atoms with Crippen molar-refractivity contribution in [3.63, 3.8) is 0 Å². The molecule has 0 saturated carbocycles. The predicted molar refractivity (Wildman–Crippen MR) is 108 cm³/mol. The zero-order valence-corrected chi connectivity index (χ0v) is 15.2. The van der Waals surface area contributed by atoms with E-state index in [4.69, 9.17) is 11.6 Å². The normalized spacial score (nSPS) is 14.5. The lowest BCUT2D eigenvalue weighted by Gasteiger charge is -2.17. The molecule has 1 amide bonds. The van der Waals surface area contributed by atoms with Crippen LogP contribution in [0.25, 0.3) is 5.57 Å². The Morgan fingerprint density at radius 1 is 0.889 bits per heavy atom. The number of carbonyl (C=O) groups is 2. The fraction of sp³-hybridized carbons (Fsp3) is 0.0435. The Hall–Kier alpha value is -3.17. The predicted octanol–water partition coefficient (Wildman–Crippen LogP) is 5.15. The summed E-state index contributed by atoms with van der Waals surface area (Å²) < 4.78 is 0. The van der Waals surface area contributed by atoms with Crippen LogP contribution in [0, 0.1) is 0 Å². The van der Waals surface area contributed by atoms with Crippen molar-refractivity contribution in [1.82, 2.24) is 0 Å². The summed E-state index contributed by atoms with van der Waals surface area (Å²) in [6.45, 7) is 0.421. The quantitative estimate of drug-likeness (QED) is 0.468. The summed E-state index contributed by atoms with van der Waals surface area (Å²) in [5.41, 5.74) is 3.54. The Morgan fingerprint density at radius 3 is 2.30 bits per heavy atom. The van der Waals surface area contributed by atoms with Gasteiger partial charge >= 0.3 is 0 Å². The van der Waals surface area contributed by atoms with Crippen molar-refractivity contribution in [2.24, 2.45) is 0 Å². The van der Waals surface area contributed by atoms with Gasteiger partial charge in [0.05, 0.1) is 17.8 Å². The first kappa shape index (κ1) is 17.3. The van der Waals surface area contributed by atoms with Crippen molar-refractivity contribution in [1.29, 1.82) is 0 Å². The summed E-state index contributed by atoms with van der Waals surface area (Å²) in [6.07, 6.45) is 1.44. The maximum atomic E-state index is 13.1. The molecule has 0 bridgehead atoms. The van der Waals surface area contributed by atoms with E-state index in [1.165, 1.54) is 6.08 Å². The highest BCUT2D eigenvalue weighted by Gasteiger charge is 2.32. The summed E-state index contributed by atoms with van der Waals surface area (Å²) in [5.74, 6) is -0.350. The summed E-state index contributed by atoms with van der Waals surface area (Å²) >= 11 is 5.95. The van der Waals surface area contributed by atoms with E-state index in [1.54, 1.807) is 29.2 Å². The van der Waals surface area contributed by atoms with Gasteiger partial charge in [-0.2, -0.15) is 0 Å². The van der Waals surface area contributed by atoms with E-state index in [0.717, 1.165) is 16.8 Å². The number of para-hydroxylation sites is 1. The molecule has 0 N–H and O–H groups in total. The standard InChI is InChI=1S/C23H16ClNO2/c24-18-12-10-16(11-13-18)15-25-21-9-5-4-8-19(21)20(23(25)27)14-22(26)17-6-2-1-3-7-17/h1-14H,15H2/b20-14-. The van der Waals surface area contributed by atoms with Crippen LogP contribution in [0.15, 0.2) is 84.9 Å². The van der Waals surface area contributed by atoms with E-state index < -0.39 is 0 Å². The molecule has 0 aromatic heterocycles. The molecule has 3 aromatic carbocycles. The number of halogens is 1. The second kappa shape index (κ2) is 7.22. The van der Waals surface area contributed by atoms with Gasteiger partial charge in [0, 0.05) is 16.1 Å². The molecule has 0 atom stereocenters. The molecular formula is C23H16ClNO2. The highest BCUT2D eigenvalue weighted by molar-refractivity contribution is 6.35. The molecule has 0 spiro atoms. The first-order valence-electron chi connectivity index (χ1n) is 8.60. The molecule has 0 fully saturated rings. The number of rotatable bonds is 4. The first-order valence-corrected chi connectivity index (χ1v) is 8.98. The first-order chi connectivity index (χ1) is 13.1. The Kier molecular flexibility index (Phi) is 4.61. The fourth-order valence-electron chi connectivity index (χ4n) is 3.19. The van der Waals surface area contributed by atoms with Gasteiger partial charge in [0.2, 0.25) is 0 Å². The molecule has 0 radical (unpaired) electrons. The number of ketones is 1. The lowest BCUT2D eigenvalue weighted by atomic mass is 10.0. The van der Waals surface area contributed by atoms with Gasteiger partial charge in [-0.15, -0.1) is 0 Å². The van der Waals surface area contributed by atoms with Crippen LogP contribution in [0.3, 0.4) is 0 Å². The number of benzene rings is 3. The number of nitrogens with zero attached hydrogens (tertiary/aromatic N) is 1.